The third-order valence-electron chi connectivity index (χ3n) is 4.49. The van der Waals surface area contributed by atoms with Gasteiger partial charge in [-0.25, -0.2) is 0 Å². The monoisotopic (exact) mass is 367 g/mol. The summed E-state index contributed by atoms with van der Waals surface area (Å²) in [6.45, 7) is 4.77. The summed E-state index contributed by atoms with van der Waals surface area (Å²) in [5.41, 5.74) is 6.20. The lowest BCUT2D eigenvalue weighted by molar-refractivity contribution is -0.136. The van der Waals surface area contributed by atoms with Crippen LogP contribution in [0.5, 0.6) is 0 Å². The molecule has 5 heteroatoms. The second kappa shape index (κ2) is 7.11. The molecule has 0 saturated carbocycles. The molecule has 2 rings (SSSR count). The quantitative estimate of drug-likeness (QED) is 0.888. The second-order valence-corrected chi connectivity index (χ2v) is 7.58. The van der Waals surface area contributed by atoms with Gasteiger partial charge in [-0.1, -0.05) is 28.1 Å². The van der Waals surface area contributed by atoms with Crippen LogP contribution in [-0.2, 0) is 10.3 Å². The number of hydrogen-bond acceptors (Lipinski definition) is 3. The lowest BCUT2D eigenvalue weighted by Crippen LogP contribution is -2.51. The van der Waals surface area contributed by atoms with Crippen LogP contribution in [0.15, 0.2) is 28.7 Å². The second-order valence-electron chi connectivity index (χ2n) is 6.67. The number of benzene rings is 1. The normalized spacial score (nSPS) is 22.1. The molecule has 22 heavy (non-hydrogen) atoms. The number of carbonyl (C=O) groups is 1. The Morgan fingerprint density at radius 2 is 2.09 bits per heavy atom. The molecule has 0 bridgehead atoms. The van der Waals surface area contributed by atoms with Crippen LogP contribution in [0.2, 0.25) is 0 Å². The summed E-state index contributed by atoms with van der Waals surface area (Å²) in [6.07, 6.45) is 2.39. The molecule has 122 valence electrons. The van der Waals surface area contributed by atoms with Crippen LogP contribution in [0.4, 0.5) is 0 Å². The predicted molar refractivity (Wildman–Crippen MR) is 93.5 cm³/mol. The number of nitrogens with two attached hydrogens (primary N) is 1. The molecule has 1 aromatic carbocycles. The van der Waals surface area contributed by atoms with Gasteiger partial charge in [0.05, 0.1) is 0 Å². The SMILES string of the molecule is CN1CCCC(CN(C)C(=O)C(C)(N)c2ccc(Br)cc2)C1. The number of piperidine rings is 1. The van der Waals surface area contributed by atoms with E-state index in [0.717, 1.165) is 29.7 Å². The molecule has 1 aliphatic heterocycles. The van der Waals surface area contributed by atoms with Crippen LogP contribution in [-0.4, -0.2) is 49.4 Å². The Kier molecular flexibility index (Phi) is 5.64. The van der Waals surface area contributed by atoms with Crippen molar-refractivity contribution in [3.63, 3.8) is 0 Å². The molecule has 1 amide bonds. The van der Waals surface area contributed by atoms with Gasteiger partial charge in [0.2, 0.25) is 5.91 Å². The minimum absolute atomic E-state index is 0.0250. The summed E-state index contributed by atoms with van der Waals surface area (Å²) in [4.78, 5) is 16.9. The molecule has 0 radical (unpaired) electrons. The first-order valence-corrected chi connectivity index (χ1v) is 8.59. The number of nitrogens with zero attached hydrogens (tertiary/aromatic N) is 2. The average Bonchev–Trinajstić information content (AvgIpc) is 2.46. The van der Waals surface area contributed by atoms with Gasteiger partial charge in [0.15, 0.2) is 0 Å². The number of likely N-dealkylation sites (tertiary alicyclic amines) is 1. The summed E-state index contributed by atoms with van der Waals surface area (Å²) in [5, 5.41) is 0. The topological polar surface area (TPSA) is 49.6 Å². The number of hydrogen-bond donors (Lipinski definition) is 1. The smallest absolute Gasteiger partial charge is 0.246 e. The van der Waals surface area contributed by atoms with E-state index >= 15 is 0 Å². The predicted octanol–water partition coefficient (Wildman–Crippen LogP) is 2.42. The molecule has 1 fully saturated rings. The molecule has 1 heterocycles. The van der Waals surface area contributed by atoms with Gasteiger partial charge in [-0.05, 0) is 57.0 Å². The number of likely N-dealkylation sites (N-methyl/N-ethyl adjacent to an activating group) is 1. The van der Waals surface area contributed by atoms with E-state index in [1.807, 2.05) is 31.3 Å². The van der Waals surface area contributed by atoms with Crippen molar-refractivity contribution in [3.05, 3.63) is 34.3 Å². The Hall–Kier alpha value is -0.910. The zero-order valence-electron chi connectivity index (χ0n) is 13.7. The van der Waals surface area contributed by atoms with Gasteiger partial charge < -0.3 is 15.5 Å². The first kappa shape index (κ1) is 17.4. The molecular weight excluding hydrogens is 342 g/mol. The lowest BCUT2D eigenvalue weighted by Gasteiger charge is -2.35. The molecule has 2 atom stereocenters. The molecule has 2 unspecified atom stereocenters. The number of carbonyl (C=O) groups excluding carboxylic acids is 1. The highest BCUT2D eigenvalue weighted by Crippen LogP contribution is 2.24. The fraction of sp³-hybridized carbons (Fsp3) is 0.588. The maximum absolute atomic E-state index is 12.8. The maximum Gasteiger partial charge on any atom is 0.246 e. The standard InChI is InChI=1S/C17H26BrN3O/c1-17(19,14-6-8-15(18)9-7-14)16(22)21(3)12-13-5-4-10-20(2)11-13/h6-9,13H,4-5,10-12,19H2,1-3H3. The van der Waals surface area contributed by atoms with Crippen LogP contribution in [0.3, 0.4) is 0 Å². The Labute approximate surface area is 141 Å². The van der Waals surface area contributed by atoms with Crippen LogP contribution in [0.25, 0.3) is 0 Å². The third-order valence-corrected chi connectivity index (χ3v) is 5.02. The van der Waals surface area contributed by atoms with E-state index in [9.17, 15) is 4.79 Å². The number of halogens is 1. The van der Waals surface area contributed by atoms with Crippen molar-refractivity contribution in [2.24, 2.45) is 11.7 Å². The molecular formula is C17H26BrN3O. The highest BCUT2D eigenvalue weighted by molar-refractivity contribution is 9.10. The van der Waals surface area contributed by atoms with E-state index in [1.165, 1.54) is 12.8 Å². The molecule has 1 aromatic rings. The molecule has 4 nitrogen and oxygen atoms in total. The Morgan fingerprint density at radius 3 is 2.68 bits per heavy atom. The minimum Gasteiger partial charge on any atom is -0.344 e. The molecule has 0 aromatic heterocycles. The minimum atomic E-state index is -0.990. The lowest BCUT2D eigenvalue weighted by atomic mass is 9.91. The molecule has 2 N–H and O–H groups in total. The van der Waals surface area contributed by atoms with Gasteiger partial charge in [-0.2, -0.15) is 0 Å². The summed E-state index contributed by atoms with van der Waals surface area (Å²) in [6, 6.07) is 7.65. The first-order valence-electron chi connectivity index (χ1n) is 7.79. The van der Waals surface area contributed by atoms with Gasteiger partial charge in [0, 0.05) is 24.6 Å². The van der Waals surface area contributed by atoms with E-state index in [0.29, 0.717) is 5.92 Å². The fourth-order valence-electron chi connectivity index (χ4n) is 3.21. The molecule has 0 aliphatic carbocycles. The first-order chi connectivity index (χ1) is 10.3. The van der Waals surface area contributed by atoms with E-state index in [-0.39, 0.29) is 5.91 Å². The van der Waals surface area contributed by atoms with Gasteiger partial charge in [0.25, 0.3) is 0 Å². The van der Waals surface area contributed by atoms with Crippen LogP contribution in [0, 0.1) is 5.92 Å². The highest BCUT2D eigenvalue weighted by atomic mass is 79.9. The average molecular weight is 368 g/mol. The highest BCUT2D eigenvalue weighted by Gasteiger charge is 2.34. The van der Waals surface area contributed by atoms with Crippen molar-refractivity contribution in [1.29, 1.82) is 0 Å². The maximum atomic E-state index is 12.8. The van der Waals surface area contributed by atoms with Crippen molar-refractivity contribution in [2.75, 3.05) is 33.7 Å². The van der Waals surface area contributed by atoms with E-state index in [1.54, 1.807) is 11.8 Å². The van der Waals surface area contributed by atoms with Gasteiger partial charge >= 0.3 is 0 Å². The van der Waals surface area contributed by atoms with Crippen LogP contribution in [0.1, 0.15) is 25.3 Å². The van der Waals surface area contributed by atoms with Crippen molar-refractivity contribution in [3.8, 4) is 0 Å². The fourth-order valence-corrected chi connectivity index (χ4v) is 3.47. The Balaban J connectivity index is 2.03. The van der Waals surface area contributed by atoms with Crippen LogP contribution >= 0.6 is 15.9 Å². The van der Waals surface area contributed by atoms with Crippen molar-refractivity contribution < 1.29 is 4.79 Å². The Bertz CT molecular complexity index is 515. The number of rotatable bonds is 4. The van der Waals surface area contributed by atoms with E-state index in [2.05, 4.69) is 27.9 Å². The number of amides is 1. The summed E-state index contributed by atoms with van der Waals surface area (Å²) >= 11 is 3.41. The van der Waals surface area contributed by atoms with Gasteiger partial charge in [-0.15, -0.1) is 0 Å². The van der Waals surface area contributed by atoms with Gasteiger partial charge in [-0.3, -0.25) is 4.79 Å². The summed E-state index contributed by atoms with van der Waals surface area (Å²) in [7, 11) is 4.00. The summed E-state index contributed by atoms with van der Waals surface area (Å²) < 4.78 is 0.984. The molecule has 1 aliphatic rings. The van der Waals surface area contributed by atoms with Crippen molar-refractivity contribution in [2.45, 2.75) is 25.3 Å². The van der Waals surface area contributed by atoms with E-state index < -0.39 is 5.54 Å². The Morgan fingerprint density at radius 1 is 1.45 bits per heavy atom. The zero-order chi connectivity index (χ0) is 16.3. The van der Waals surface area contributed by atoms with Crippen molar-refractivity contribution in [1.82, 2.24) is 9.80 Å². The van der Waals surface area contributed by atoms with Crippen molar-refractivity contribution >= 4 is 21.8 Å². The third kappa shape index (κ3) is 4.09. The van der Waals surface area contributed by atoms with Crippen LogP contribution < -0.4 is 5.73 Å². The molecule has 0 spiro atoms. The largest absolute Gasteiger partial charge is 0.344 e. The van der Waals surface area contributed by atoms with Gasteiger partial charge in [0.1, 0.15) is 5.54 Å². The van der Waals surface area contributed by atoms with E-state index in [4.69, 9.17) is 5.73 Å². The molecule has 1 saturated heterocycles. The summed E-state index contributed by atoms with van der Waals surface area (Å²) in [5.74, 6) is 0.511. The zero-order valence-corrected chi connectivity index (χ0v) is 15.3.